The van der Waals surface area contributed by atoms with Crippen LogP contribution in [0.5, 0.6) is 0 Å². The number of nitrogens with zero attached hydrogens (tertiary/aromatic N) is 2. The first-order valence-electron chi connectivity index (χ1n) is 7.99. The molecule has 0 bridgehead atoms. The lowest BCUT2D eigenvalue weighted by Crippen LogP contribution is -2.31. The van der Waals surface area contributed by atoms with Gasteiger partial charge < -0.3 is 0 Å². The predicted octanol–water partition coefficient (Wildman–Crippen LogP) is 3.49. The van der Waals surface area contributed by atoms with Crippen LogP contribution in [0.15, 0.2) is 30.5 Å². The van der Waals surface area contributed by atoms with Crippen LogP contribution >= 0.6 is 0 Å². The lowest BCUT2D eigenvalue weighted by molar-refractivity contribution is -0.660. The van der Waals surface area contributed by atoms with Crippen LogP contribution in [0.25, 0.3) is 11.3 Å². The Hall–Kier alpha value is -1.70. The molecule has 0 unspecified atom stereocenters. The summed E-state index contributed by atoms with van der Waals surface area (Å²) in [6, 6.07) is 7.62. The minimum absolute atomic E-state index is 0.0105. The number of hydrogen-bond donors (Lipinski definition) is 0. The van der Waals surface area contributed by atoms with Gasteiger partial charge in [-0.15, -0.1) is 0 Å². The van der Waals surface area contributed by atoms with E-state index in [1.807, 2.05) is 30.7 Å². The largest absolute Gasteiger partial charge is 0.257 e. The van der Waals surface area contributed by atoms with Gasteiger partial charge in [0, 0.05) is 26.9 Å². The average Bonchev–Trinajstić information content (AvgIpc) is 2.37. The van der Waals surface area contributed by atoms with Crippen LogP contribution in [0.2, 0.25) is 0 Å². The van der Waals surface area contributed by atoms with Crippen molar-refractivity contribution in [1.82, 2.24) is 4.98 Å². The van der Waals surface area contributed by atoms with Gasteiger partial charge in [-0.1, -0.05) is 20.8 Å². The molecule has 0 aliphatic rings. The van der Waals surface area contributed by atoms with E-state index in [9.17, 15) is 0 Å². The van der Waals surface area contributed by atoms with E-state index in [0.29, 0.717) is 5.56 Å². The summed E-state index contributed by atoms with van der Waals surface area (Å²) in [5.74, 6) is 0. The molecule has 0 saturated carbocycles. The highest BCUT2D eigenvalue weighted by molar-refractivity contribution is 5.59. The summed E-state index contributed by atoms with van der Waals surface area (Å²) in [6.45, 7) is 6.32. The van der Waals surface area contributed by atoms with Gasteiger partial charge in [-0.2, -0.15) is 0 Å². The van der Waals surface area contributed by atoms with Crippen molar-refractivity contribution in [3.05, 3.63) is 47.4 Å². The topological polar surface area (TPSA) is 16.8 Å². The van der Waals surface area contributed by atoms with Crippen molar-refractivity contribution in [2.24, 2.45) is 7.05 Å². The first kappa shape index (κ1) is 10.1. The van der Waals surface area contributed by atoms with Gasteiger partial charge in [-0.25, -0.2) is 4.57 Å². The molecular weight excluding hydrogens is 232 g/mol. The van der Waals surface area contributed by atoms with Gasteiger partial charge in [-0.05, 0) is 32.0 Å². The predicted molar refractivity (Wildman–Crippen MR) is 79.0 cm³/mol. The van der Waals surface area contributed by atoms with Crippen LogP contribution in [-0.4, -0.2) is 4.98 Å². The molecule has 2 rings (SSSR count). The molecular formula is C17H23N2+. The Balaban J connectivity index is 2.49. The smallest absolute Gasteiger partial charge is 0.214 e. The Morgan fingerprint density at radius 2 is 1.89 bits per heavy atom. The Morgan fingerprint density at radius 3 is 2.42 bits per heavy atom. The third-order valence-corrected chi connectivity index (χ3v) is 3.26. The van der Waals surface area contributed by atoms with E-state index in [0.717, 1.165) is 22.6 Å². The van der Waals surface area contributed by atoms with Crippen LogP contribution in [0, 0.1) is 13.8 Å². The summed E-state index contributed by atoms with van der Waals surface area (Å²) in [5, 5.41) is 0. The molecule has 19 heavy (non-hydrogen) atoms. The molecule has 2 heteroatoms. The Bertz CT molecular complexity index is 637. The van der Waals surface area contributed by atoms with Crippen LogP contribution < -0.4 is 4.57 Å². The maximum Gasteiger partial charge on any atom is 0.214 e. The molecule has 0 radical (unpaired) electrons. The maximum atomic E-state index is 7.49. The first-order chi connectivity index (χ1) is 10.00. The zero-order valence-electron chi connectivity index (χ0n) is 15.3. The highest BCUT2D eigenvalue weighted by atomic mass is 14.9. The highest BCUT2D eigenvalue weighted by Gasteiger charge is 2.19. The Kier molecular flexibility index (Phi) is 2.54. The summed E-state index contributed by atoms with van der Waals surface area (Å²) in [6.07, 6.45) is 1.67. The van der Waals surface area contributed by atoms with Gasteiger partial charge in [0.25, 0.3) is 0 Å². The second-order valence-corrected chi connectivity index (χ2v) is 5.99. The summed E-state index contributed by atoms with van der Waals surface area (Å²) in [7, 11) is 1.86. The van der Waals surface area contributed by atoms with E-state index in [4.69, 9.17) is 9.10 Å². The third kappa shape index (κ3) is 2.83. The van der Waals surface area contributed by atoms with Gasteiger partial charge in [0.2, 0.25) is 5.69 Å². The van der Waals surface area contributed by atoms with Crippen molar-refractivity contribution >= 4 is 0 Å². The van der Waals surface area contributed by atoms with Crippen molar-refractivity contribution in [1.29, 1.82) is 0 Å². The van der Waals surface area contributed by atoms with Crippen molar-refractivity contribution in [2.75, 3.05) is 0 Å². The number of aryl methyl sites for hydroxylation is 3. The quantitative estimate of drug-likeness (QED) is 0.716. The van der Waals surface area contributed by atoms with Crippen molar-refractivity contribution < 1.29 is 8.68 Å². The lowest BCUT2D eigenvalue weighted by Gasteiger charge is -2.18. The van der Waals surface area contributed by atoms with Crippen LogP contribution in [0.1, 0.15) is 41.8 Å². The van der Waals surface area contributed by atoms with Crippen molar-refractivity contribution in [3.8, 4) is 11.3 Å². The second-order valence-electron chi connectivity index (χ2n) is 5.99. The molecule has 0 aliphatic carbocycles. The van der Waals surface area contributed by atoms with Crippen LogP contribution in [0.3, 0.4) is 0 Å². The van der Waals surface area contributed by atoms with Gasteiger partial charge in [0.1, 0.15) is 7.05 Å². The number of pyridine rings is 2. The molecule has 2 aromatic rings. The molecule has 0 N–H and O–H groups in total. The van der Waals surface area contributed by atoms with Crippen LogP contribution in [0.4, 0.5) is 0 Å². The maximum absolute atomic E-state index is 7.49. The Morgan fingerprint density at radius 1 is 1.16 bits per heavy atom. The molecule has 2 aromatic heterocycles. The SMILES string of the molecule is [2H]C([2H])([2H])c1ccc(-c2ccc(C(C)(C)C)nc2C)[n+](C)c1. The van der Waals surface area contributed by atoms with Crippen molar-refractivity contribution in [3.63, 3.8) is 0 Å². The van der Waals surface area contributed by atoms with E-state index >= 15 is 0 Å². The molecule has 0 saturated heterocycles. The van der Waals surface area contributed by atoms with Gasteiger partial charge in [0.15, 0.2) is 6.20 Å². The van der Waals surface area contributed by atoms with Gasteiger partial charge >= 0.3 is 0 Å². The highest BCUT2D eigenvalue weighted by Crippen LogP contribution is 2.25. The fourth-order valence-corrected chi connectivity index (χ4v) is 2.14. The van der Waals surface area contributed by atoms with Gasteiger partial charge in [-0.3, -0.25) is 4.98 Å². The summed E-state index contributed by atoms with van der Waals surface area (Å²) < 4.78 is 24.3. The third-order valence-electron chi connectivity index (χ3n) is 3.26. The molecule has 100 valence electrons. The molecule has 0 amide bonds. The van der Waals surface area contributed by atoms with Crippen molar-refractivity contribution in [2.45, 2.75) is 40.0 Å². The zero-order valence-corrected chi connectivity index (χ0v) is 12.3. The molecule has 0 atom stereocenters. The standard InChI is InChI=1S/C17H23N2/c1-12-7-9-15(19(6)11-12)14-8-10-16(17(3,4)5)18-13(14)2/h7-11H,1-6H3/q+1/i1D3. The monoisotopic (exact) mass is 258 g/mol. The minimum atomic E-state index is -2.08. The Labute approximate surface area is 120 Å². The molecule has 0 aliphatic heterocycles. The molecule has 0 fully saturated rings. The molecule has 2 heterocycles. The van der Waals surface area contributed by atoms with E-state index in [-0.39, 0.29) is 5.41 Å². The fraction of sp³-hybridized carbons (Fsp3) is 0.412. The molecule has 0 aromatic carbocycles. The molecule has 0 spiro atoms. The van der Waals surface area contributed by atoms with E-state index < -0.39 is 6.85 Å². The zero-order chi connectivity index (χ0) is 16.7. The van der Waals surface area contributed by atoms with E-state index in [2.05, 4.69) is 26.8 Å². The van der Waals surface area contributed by atoms with E-state index in [1.165, 1.54) is 0 Å². The first-order valence-corrected chi connectivity index (χ1v) is 6.49. The second kappa shape index (κ2) is 4.76. The van der Waals surface area contributed by atoms with E-state index in [1.54, 1.807) is 12.3 Å². The summed E-state index contributed by atoms with van der Waals surface area (Å²) in [5.41, 5.74) is 4.33. The van der Waals surface area contributed by atoms with Crippen LogP contribution in [-0.2, 0) is 12.5 Å². The number of aromatic nitrogens is 2. The summed E-state index contributed by atoms with van der Waals surface area (Å²) >= 11 is 0. The normalized spacial score (nSPS) is 14.7. The van der Waals surface area contributed by atoms with Gasteiger partial charge in [0.05, 0.1) is 11.3 Å². The molecule has 2 nitrogen and oxygen atoms in total. The lowest BCUT2D eigenvalue weighted by atomic mass is 9.91. The minimum Gasteiger partial charge on any atom is -0.257 e. The number of rotatable bonds is 1. The summed E-state index contributed by atoms with van der Waals surface area (Å²) in [4.78, 5) is 4.71. The fourth-order valence-electron chi connectivity index (χ4n) is 2.14. The average molecular weight is 258 g/mol. The number of hydrogen-bond acceptors (Lipinski definition) is 1.